The Kier molecular flexibility index (Phi) is 3.75. The molecular weight excluding hydrogens is 266 g/mol. The number of carboxylic acid groups (broad SMARTS) is 1. The van der Waals surface area contributed by atoms with Gasteiger partial charge in [0.1, 0.15) is 16.9 Å². The van der Waals surface area contributed by atoms with E-state index >= 15 is 0 Å². The molecule has 0 fully saturated rings. The van der Waals surface area contributed by atoms with Crippen molar-refractivity contribution in [3.8, 4) is 0 Å². The van der Waals surface area contributed by atoms with Gasteiger partial charge in [-0.2, -0.15) is 0 Å². The number of hydrogen-bond acceptors (Lipinski definition) is 5. The van der Waals surface area contributed by atoms with Crippen LogP contribution in [0.2, 0.25) is 0 Å². The molecule has 0 spiro atoms. The Morgan fingerprint density at radius 2 is 2.21 bits per heavy atom. The van der Waals surface area contributed by atoms with Crippen molar-refractivity contribution in [1.82, 2.24) is 14.9 Å². The highest BCUT2D eigenvalue weighted by Gasteiger charge is 2.24. The molecule has 0 aromatic carbocycles. The monoisotopic (exact) mass is 279 g/mol. The van der Waals surface area contributed by atoms with Crippen LogP contribution in [0.3, 0.4) is 0 Å². The maximum absolute atomic E-state index is 12.3. The first-order chi connectivity index (χ1) is 8.99. The Morgan fingerprint density at radius 1 is 1.47 bits per heavy atom. The molecule has 0 aliphatic carbocycles. The van der Waals surface area contributed by atoms with Gasteiger partial charge in [0, 0.05) is 12.2 Å². The van der Waals surface area contributed by atoms with Crippen molar-refractivity contribution in [3.05, 3.63) is 23.3 Å². The summed E-state index contributed by atoms with van der Waals surface area (Å²) in [5.74, 6) is -1.42. The molecule has 1 amide bonds. The van der Waals surface area contributed by atoms with Crippen LogP contribution in [0.25, 0.3) is 10.3 Å². The third-order valence-electron chi connectivity index (χ3n) is 2.54. The highest BCUT2D eigenvalue weighted by molar-refractivity contribution is 7.19. The lowest BCUT2D eigenvalue weighted by Gasteiger charge is -2.23. The van der Waals surface area contributed by atoms with E-state index in [0.29, 0.717) is 10.3 Å². The Labute approximate surface area is 113 Å². The fourth-order valence-corrected chi connectivity index (χ4v) is 2.48. The number of rotatable bonds is 4. The summed E-state index contributed by atoms with van der Waals surface area (Å²) >= 11 is 1.17. The molecule has 0 bridgehead atoms. The number of fused-ring (bicyclic) bond motifs is 1. The van der Waals surface area contributed by atoms with Crippen molar-refractivity contribution in [1.29, 1.82) is 0 Å². The lowest BCUT2D eigenvalue weighted by atomic mass is 10.3. The van der Waals surface area contributed by atoms with Crippen LogP contribution in [0.4, 0.5) is 0 Å². The van der Waals surface area contributed by atoms with E-state index in [1.807, 2.05) is 0 Å². The lowest BCUT2D eigenvalue weighted by Crippen LogP contribution is -2.40. The first-order valence-electron chi connectivity index (χ1n) is 5.73. The molecule has 0 radical (unpaired) electrons. The van der Waals surface area contributed by atoms with Crippen LogP contribution in [0.5, 0.6) is 0 Å². The molecule has 1 N–H and O–H groups in total. The second kappa shape index (κ2) is 5.31. The summed E-state index contributed by atoms with van der Waals surface area (Å²) in [5.41, 5.74) is 0.648. The van der Waals surface area contributed by atoms with E-state index in [9.17, 15) is 9.59 Å². The van der Waals surface area contributed by atoms with E-state index in [4.69, 9.17) is 5.11 Å². The largest absolute Gasteiger partial charge is 0.480 e. The number of carboxylic acids is 1. The van der Waals surface area contributed by atoms with Gasteiger partial charge in [-0.25, -0.2) is 9.97 Å². The van der Waals surface area contributed by atoms with Gasteiger partial charge in [0.05, 0.1) is 0 Å². The fraction of sp³-hybridized carbons (Fsp3) is 0.333. The normalized spacial score (nSPS) is 10.9. The van der Waals surface area contributed by atoms with Crippen molar-refractivity contribution < 1.29 is 14.7 Å². The van der Waals surface area contributed by atoms with E-state index in [2.05, 4.69) is 9.97 Å². The zero-order chi connectivity index (χ0) is 14.0. The molecule has 6 nitrogen and oxygen atoms in total. The number of carbonyl (C=O) groups excluding carboxylic acids is 1. The molecule has 0 saturated heterocycles. The maximum Gasteiger partial charge on any atom is 0.323 e. The molecule has 2 aromatic heterocycles. The topological polar surface area (TPSA) is 83.4 Å². The van der Waals surface area contributed by atoms with E-state index in [1.165, 1.54) is 16.2 Å². The van der Waals surface area contributed by atoms with Gasteiger partial charge in [0.2, 0.25) is 0 Å². The summed E-state index contributed by atoms with van der Waals surface area (Å²) in [6, 6.07) is 3.31. The average Bonchev–Trinajstić information content (AvgIpc) is 2.78. The van der Waals surface area contributed by atoms with Crippen molar-refractivity contribution in [3.63, 3.8) is 0 Å². The van der Waals surface area contributed by atoms with Crippen molar-refractivity contribution in [2.75, 3.05) is 6.54 Å². The van der Waals surface area contributed by atoms with Gasteiger partial charge >= 0.3 is 5.97 Å². The maximum atomic E-state index is 12.3. The van der Waals surface area contributed by atoms with Gasteiger partial charge in [-0.15, -0.1) is 0 Å². The first-order valence-corrected chi connectivity index (χ1v) is 6.55. The quantitative estimate of drug-likeness (QED) is 0.919. The zero-order valence-corrected chi connectivity index (χ0v) is 11.3. The molecule has 19 heavy (non-hydrogen) atoms. The van der Waals surface area contributed by atoms with E-state index in [0.717, 1.165) is 0 Å². The van der Waals surface area contributed by atoms with Gasteiger partial charge < -0.3 is 10.0 Å². The van der Waals surface area contributed by atoms with E-state index in [1.54, 1.807) is 32.2 Å². The number of amides is 1. The minimum atomic E-state index is -1.04. The van der Waals surface area contributed by atoms with Crippen LogP contribution in [0.1, 0.15) is 23.6 Å². The van der Waals surface area contributed by atoms with E-state index in [-0.39, 0.29) is 23.5 Å². The van der Waals surface area contributed by atoms with Crippen molar-refractivity contribution >= 4 is 33.6 Å². The Bertz CT molecular complexity index is 590. The first kappa shape index (κ1) is 13.4. The standard InChI is InChI=1S/C12H13N3O3S/c1-7(2)15(6-9(16)17)12(18)11-14-8-4-3-5-13-10(8)19-11/h3-5,7H,6H2,1-2H3,(H,16,17). The third kappa shape index (κ3) is 2.87. The molecule has 7 heteroatoms. The van der Waals surface area contributed by atoms with E-state index < -0.39 is 5.97 Å². The van der Waals surface area contributed by atoms with Crippen LogP contribution < -0.4 is 0 Å². The molecule has 100 valence electrons. The lowest BCUT2D eigenvalue weighted by molar-refractivity contribution is -0.138. The summed E-state index contributed by atoms with van der Waals surface area (Å²) in [5, 5.41) is 9.11. The molecule has 0 unspecified atom stereocenters. The molecule has 2 rings (SSSR count). The highest BCUT2D eigenvalue weighted by atomic mass is 32.1. The average molecular weight is 279 g/mol. The molecule has 2 heterocycles. The summed E-state index contributed by atoms with van der Waals surface area (Å²) in [6.07, 6.45) is 1.63. The summed E-state index contributed by atoms with van der Waals surface area (Å²) < 4.78 is 0. The predicted molar refractivity (Wildman–Crippen MR) is 71.2 cm³/mol. The van der Waals surface area contributed by atoms with Crippen LogP contribution in [0.15, 0.2) is 18.3 Å². The third-order valence-corrected chi connectivity index (χ3v) is 3.51. The van der Waals surface area contributed by atoms with Gasteiger partial charge in [-0.3, -0.25) is 9.59 Å². The second-order valence-electron chi connectivity index (χ2n) is 4.27. The fourth-order valence-electron chi connectivity index (χ4n) is 1.62. The summed E-state index contributed by atoms with van der Waals surface area (Å²) in [6.45, 7) is 3.21. The Hall–Kier alpha value is -2.02. The van der Waals surface area contributed by atoms with Crippen molar-refractivity contribution in [2.45, 2.75) is 19.9 Å². The minimum absolute atomic E-state index is 0.205. The number of aliphatic carboxylic acids is 1. The van der Waals surface area contributed by atoms with Crippen LogP contribution in [0, 0.1) is 0 Å². The smallest absolute Gasteiger partial charge is 0.323 e. The zero-order valence-electron chi connectivity index (χ0n) is 10.5. The molecule has 0 aliphatic heterocycles. The molecular formula is C12H13N3O3S. The number of carbonyl (C=O) groups is 2. The summed E-state index contributed by atoms with van der Waals surface area (Å²) in [7, 11) is 0. The van der Waals surface area contributed by atoms with Gasteiger partial charge in [-0.1, -0.05) is 11.3 Å². The van der Waals surface area contributed by atoms with Gasteiger partial charge in [0.15, 0.2) is 5.01 Å². The van der Waals surface area contributed by atoms with Crippen LogP contribution in [-0.2, 0) is 4.79 Å². The predicted octanol–water partition coefficient (Wildman–Crippen LogP) is 1.63. The highest BCUT2D eigenvalue weighted by Crippen LogP contribution is 2.21. The van der Waals surface area contributed by atoms with Gasteiger partial charge in [0.25, 0.3) is 5.91 Å². The number of hydrogen-bond donors (Lipinski definition) is 1. The number of pyridine rings is 1. The molecule has 0 atom stereocenters. The Balaban J connectivity index is 2.32. The second-order valence-corrected chi connectivity index (χ2v) is 5.24. The number of aromatic nitrogens is 2. The van der Waals surface area contributed by atoms with Crippen LogP contribution >= 0.6 is 11.3 Å². The molecule has 0 saturated carbocycles. The Morgan fingerprint density at radius 3 is 2.79 bits per heavy atom. The van der Waals surface area contributed by atoms with Crippen molar-refractivity contribution in [2.24, 2.45) is 0 Å². The molecule has 2 aromatic rings. The van der Waals surface area contributed by atoms with Crippen LogP contribution in [-0.4, -0.2) is 44.4 Å². The summed E-state index contributed by atoms with van der Waals surface area (Å²) in [4.78, 5) is 33.3. The minimum Gasteiger partial charge on any atom is -0.480 e. The molecule has 0 aliphatic rings. The number of thiazole rings is 1. The number of nitrogens with zero attached hydrogens (tertiary/aromatic N) is 3. The SMILES string of the molecule is CC(C)N(CC(=O)O)C(=O)c1nc2cccnc2s1. The van der Waals surface area contributed by atoms with Gasteiger partial charge in [-0.05, 0) is 26.0 Å².